The topological polar surface area (TPSA) is 79.9 Å². The summed E-state index contributed by atoms with van der Waals surface area (Å²) in [6, 6.07) is 10.9. The minimum absolute atomic E-state index is 0.0852. The SMILES string of the molecule is Cc1ccc2oc(Oc3ccc(O)cc3)c(O)c(=O)c2c1. The molecular formula is C16H12O5. The van der Waals surface area contributed by atoms with E-state index in [9.17, 15) is 15.0 Å². The van der Waals surface area contributed by atoms with Crippen molar-refractivity contribution in [1.29, 1.82) is 0 Å². The van der Waals surface area contributed by atoms with Crippen molar-refractivity contribution in [3.8, 4) is 23.2 Å². The van der Waals surface area contributed by atoms with Crippen molar-refractivity contribution in [2.24, 2.45) is 0 Å². The molecule has 0 unspecified atom stereocenters. The molecule has 21 heavy (non-hydrogen) atoms. The number of hydrogen-bond acceptors (Lipinski definition) is 5. The van der Waals surface area contributed by atoms with Crippen LogP contribution in [-0.2, 0) is 0 Å². The lowest BCUT2D eigenvalue weighted by Crippen LogP contribution is -2.03. The average molecular weight is 284 g/mol. The Morgan fingerprint density at radius 2 is 1.76 bits per heavy atom. The number of rotatable bonds is 2. The minimum Gasteiger partial charge on any atom is -0.508 e. The van der Waals surface area contributed by atoms with E-state index >= 15 is 0 Å². The van der Waals surface area contributed by atoms with Crippen molar-refractivity contribution in [3.05, 3.63) is 58.3 Å². The Labute approximate surface area is 119 Å². The Hall–Kier alpha value is -2.95. The summed E-state index contributed by atoms with van der Waals surface area (Å²) in [5.74, 6) is -0.442. The molecule has 0 saturated heterocycles. The van der Waals surface area contributed by atoms with E-state index in [0.29, 0.717) is 16.7 Å². The number of fused-ring (bicyclic) bond motifs is 1. The Kier molecular flexibility index (Phi) is 3.02. The van der Waals surface area contributed by atoms with Crippen LogP contribution < -0.4 is 10.2 Å². The van der Waals surface area contributed by atoms with Gasteiger partial charge in [0.05, 0.1) is 5.39 Å². The van der Waals surface area contributed by atoms with Crippen LogP contribution in [0.2, 0.25) is 0 Å². The van der Waals surface area contributed by atoms with E-state index in [1.54, 1.807) is 18.2 Å². The highest BCUT2D eigenvalue weighted by atomic mass is 16.6. The summed E-state index contributed by atoms with van der Waals surface area (Å²) in [6.07, 6.45) is 0. The van der Waals surface area contributed by atoms with E-state index in [1.165, 1.54) is 24.3 Å². The molecule has 5 nitrogen and oxygen atoms in total. The summed E-state index contributed by atoms with van der Waals surface area (Å²) in [6.45, 7) is 1.84. The number of phenolic OH excluding ortho intramolecular Hbond substituents is 1. The van der Waals surface area contributed by atoms with Crippen molar-refractivity contribution in [3.63, 3.8) is 0 Å². The van der Waals surface area contributed by atoms with Crippen LogP contribution in [0, 0.1) is 6.92 Å². The predicted octanol–water partition coefficient (Wildman–Crippen LogP) is 3.30. The molecule has 1 heterocycles. The maximum atomic E-state index is 12.1. The molecule has 0 bridgehead atoms. The number of phenols is 1. The molecule has 0 aliphatic heterocycles. The highest BCUT2D eigenvalue weighted by Crippen LogP contribution is 2.31. The molecule has 0 atom stereocenters. The lowest BCUT2D eigenvalue weighted by Gasteiger charge is -2.07. The van der Waals surface area contributed by atoms with Crippen molar-refractivity contribution in [1.82, 2.24) is 0 Å². The molecule has 0 radical (unpaired) electrons. The van der Waals surface area contributed by atoms with Gasteiger partial charge in [-0.25, -0.2) is 0 Å². The van der Waals surface area contributed by atoms with Gasteiger partial charge in [-0.1, -0.05) is 11.6 Å². The van der Waals surface area contributed by atoms with E-state index in [0.717, 1.165) is 5.56 Å². The zero-order chi connectivity index (χ0) is 15.0. The van der Waals surface area contributed by atoms with E-state index in [-0.39, 0.29) is 11.7 Å². The first-order valence-electron chi connectivity index (χ1n) is 6.28. The van der Waals surface area contributed by atoms with Gasteiger partial charge >= 0.3 is 5.95 Å². The molecule has 3 rings (SSSR count). The maximum absolute atomic E-state index is 12.1. The van der Waals surface area contributed by atoms with Gasteiger partial charge in [0.2, 0.25) is 11.2 Å². The van der Waals surface area contributed by atoms with Crippen LogP contribution in [0.15, 0.2) is 51.7 Å². The van der Waals surface area contributed by atoms with Crippen molar-refractivity contribution >= 4 is 11.0 Å². The van der Waals surface area contributed by atoms with Gasteiger partial charge in [0, 0.05) is 0 Å². The van der Waals surface area contributed by atoms with E-state index in [1.807, 2.05) is 6.92 Å². The Morgan fingerprint density at radius 1 is 1.05 bits per heavy atom. The van der Waals surface area contributed by atoms with Crippen LogP contribution in [0.3, 0.4) is 0 Å². The van der Waals surface area contributed by atoms with Crippen LogP contribution in [0.25, 0.3) is 11.0 Å². The van der Waals surface area contributed by atoms with Crippen LogP contribution in [0.5, 0.6) is 23.2 Å². The second-order valence-corrected chi connectivity index (χ2v) is 4.66. The van der Waals surface area contributed by atoms with Gasteiger partial charge in [-0.2, -0.15) is 0 Å². The number of aryl methyl sites for hydroxylation is 1. The Morgan fingerprint density at radius 3 is 2.48 bits per heavy atom. The van der Waals surface area contributed by atoms with Gasteiger partial charge in [-0.15, -0.1) is 0 Å². The van der Waals surface area contributed by atoms with Crippen LogP contribution in [0.1, 0.15) is 5.56 Å². The quantitative estimate of drug-likeness (QED) is 0.754. The number of ether oxygens (including phenoxy) is 1. The largest absolute Gasteiger partial charge is 0.508 e. The molecule has 3 aromatic rings. The molecular weight excluding hydrogens is 272 g/mol. The summed E-state index contributed by atoms with van der Waals surface area (Å²) < 4.78 is 10.8. The van der Waals surface area contributed by atoms with Gasteiger partial charge < -0.3 is 19.4 Å². The number of aromatic hydroxyl groups is 2. The van der Waals surface area contributed by atoms with Gasteiger partial charge in [-0.3, -0.25) is 4.79 Å². The highest BCUT2D eigenvalue weighted by molar-refractivity contribution is 5.79. The molecule has 0 spiro atoms. The van der Waals surface area contributed by atoms with E-state index in [4.69, 9.17) is 9.15 Å². The van der Waals surface area contributed by atoms with Crippen LogP contribution in [-0.4, -0.2) is 10.2 Å². The lowest BCUT2D eigenvalue weighted by molar-refractivity contribution is 0.315. The fraction of sp³-hybridized carbons (Fsp3) is 0.0625. The molecule has 5 heteroatoms. The number of benzene rings is 2. The summed E-state index contributed by atoms with van der Waals surface area (Å²) in [5, 5.41) is 19.4. The van der Waals surface area contributed by atoms with Crippen LogP contribution >= 0.6 is 0 Å². The monoisotopic (exact) mass is 284 g/mol. The molecule has 106 valence electrons. The third-order valence-electron chi connectivity index (χ3n) is 3.04. The minimum atomic E-state index is -0.582. The second kappa shape index (κ2) is 4.86. The molecule has 2 aromatic carbocycles. The summed E-state index contributed by atoms with van der Waals surface area (Å²) >= 11 is 0. The first-order valence-corrected chi connectivity index (χ1v) is 6.28. The van der Waals surface area contributed by atoms with Gasteiger partial charge in [0.25, 0.3) is 0 Å². The molecule has 0 saturated carbocycles. The summed E-state index contributed by atoms with van der Waals surface area (Å²) in [7, 11) is 0. The fourth-order valence-electron chi connectivity index (χ4n) is 1.97. The zero-order valence-electron chi connectivity index (χ0n) is 11.2. The smallest absolute Gasteiger partial charge is 0.338 e. The Bertz CT molecular complexity index is 862. The average Bonchev–Trinajstić information content (AvgIpc) is 2.47. The van der Waals surface area contributed by atoms with Crippen LogP contribution in [0.4, 0.5) is 0 Å². The Balaban J connectivity index is 2.11. The summed E-state index contributed by atoms with van der Waals surface area (Å²) in [4.78, 5) is 12.1. The van der Waals surface area contributed by atoms with Gasteiger partial charge in [0.1, 0.15) is 17.1 Å². The molecule has 2 N–H and O–H groups in total. The maximum Gasteiger partial charge on any atom is 0.338 e. The standard InChI is InChI=1S/C16H12O5/c1-9-2-7-13-12(8-9)14(18)15(19)16(21-13)20-11-5-3-10(17)4-6-11/h2-8,17,19H,1H3. The molecule has 0 amide bonds. The zero-order valence-corrected chi connectivity index (χ0v) is 11.2. The normalized spacial score (nSPS) is 10.7. The molecule has 0 fully saturated rings. The third-order valence-corrected chi connectivity index (χ3v) is 3.04. The van der Waals surface area contributed by atoms with Crippen molar-refractivity contribution < 1.29 is 19.4 Å². The van der Waals surface area contributed by atoms with Gasteiger partial charge in [-0.05, 0) is 43.3 Å². The predicted molar refractivity (Wildman–Crippen MR) is 77.1 cm³/mol. The third kappa shape index (κ3) is 2.41. The molecule has 1 aromatic heterocycles. The summed E-state index contributed by atoms with van der Waals surface area (Å²) in [5.41, 5.74) is 0.673. The first kappa shape index (κ1) is 13.1. The van der Waals surface area contributed by atoms with E-state index in [2.05, 4.69) is 0 Å². The highest BCUT2D eigenvalue weighted by Gasteiger charge is 2.15. The first-order chi connectivity index (χ1) is 10.0. The second-order valence-electron chi connectivity index (χ2n) is 4.66. The fourth-order valence-corrected chi connectivity index (χ4v) is 1.97. The van der Waals surface area contributed by atoms with Crippen molar-refractivity contribution in [2.45, 2.75) is 6.92 Å². The number of hydrogen-bond donors (Lipinski definition) is 2. The molecule has 0 aliphatic rings. The lowest BCUT2D eigenvalue weighted by atomic mass is 10.1. The van der Waals surface area contributed by atoms with Crippen molar-refractivity contribution in [2.75, 3.05) is 0 Å². The van der Waals surface area contributed by atoms with Gasteiger partial charge in [0.15, 0.2) is 0 Å². The van der Waals surface area contributed by atoms with E-state index < -0.39 is 11.2 Å². The molecule has 0 aliphatic carbocycles.